The number of benzene rings is 1. The van der Waals surface area contributed by atoms with Gasteiger partial charge in [-0.25, -0.2) is 12.7 Å². The second-order valence-corrected chi connectivity index (χ2v) is 7.25. The maximum absolute atomic E-state index is 12.4. The quantitative estimate of drug-likeness (QED) is 0.617. The highest BCUT2D eigenvalue weighted by Gasteiger charge is 2.18. The first-order valence-electron chi connectivity index (χ1n) is 7.81. The number of methoxy groups -OCH3 is 3. The van der Waals surface area contributed by atoms with Gasteiger partial charge in [-0.05, 0) is 6.42 Å². The first-order chi connectivity index (χ1) is 11.8. The zero-order valence-corrected chi connectivity index (χ0v) is 16.1. The van der Waals surface area contributed by atoms with E-state index in [0.29, 0.717) is 48.9 Å². The largest absolute Gasteiger partial charge is 0.496 e. The summed E-state index contributed by atoms with van der Waals surface area (Å²) in [7, 11) is 1.22. The van der Waals surface area contributed by atoms with Crippen LogP contribution in [0.3, 0.4) is 0 Å². The van der Waals surface area contributed by atoms with Crippen LogP contribution in [-0.2, 0) is 10.0 Å². The number of hydrogen-bond acceptors (Lipinski definition) is 6. The molecule has 1 amide bonds. The number of rotatable bonds is 10. The van der Waals surface area contributed by atoms with Gasteiger partial charge in [-0.1, -0.05) is 6.92 Å². The van der Waals surface area contributed by atoms with Crippen molar-refractivity contribution >= 4 is 15.9 Å². The molecule has 0 spiro atoms. The lowest BCUT2D eigenvalue weighted by Gasteiger charge is -2.18. The Labute approximate surface area is 149 Å². The Morgan fingerprint density at radius 2 is 1.64 bits per heavy atom. The molecule has 1 rings (SSSR count). The third-order valence-corrected chi connectivity index (χ3v) is 5.02. The van der Waals surface area contributed by atoms with E-state index in [9.17, 15) is 13.2 Å². The Balaban J connectivity index is 2.74. The molecule has 142 valence electrons. The van der Waals surface area contributed by atoms with Crippen LogP contribution in [0, 0.1) is 0 Å². The first kappa shape index (κ1) is 21.0. The van der Waals surface area contributed by atoms with Gasteiger partial charge in [-0.2, -0.15) is 0 Å². The second kappa shape index (κ2) is 9.47. The molecule has 25 heavy (non-hydrogen) atoms. The van der Waals surface area contributed by atoms with Crippen molar-refractivity contribution in [2.24, 2.45) is 0 Å². The maximum atomic E-state index is 12.4. The molecule has 0 saturated heterocycles. The predicted molar refractivity (Wildman–Crippen MR) is 95.1 cm³/mol. The summed E-state index contributed by atoms with van der Waals surface area (Å²) in [6.45, 7) is 2.85. The van der Waals surface area contributed by atoms with E-state index >= 15 is 0 Å². The Bertz CT molecular complexity index is 690. The molecule has 0 aliphatic rings. The van der Waals surface area contributed by atoms with Gasteiger partial charge in [0, 0.05) is 31.8 Å². The van der Waals surface area contributed by atoms with Crippen LogP contribution < -0.4 is 19.5 Å². The summed E-state index contributed by atoms with van der Waals surface area (Å²) < 4.78 is 40.0. The van der Waals surface area contributed by atoms with Gasteiger partial charge in [0.2, 0.25) is 10.0 Å². The van der Waals surface area contributed by atoms with Crippen molar-refractivity contribution in [3.63, 3.8) is 0 Å². The molecule has 1 aromatic carbocycles. The van der Waals surface area contributed by atoms with Crippen LogP contribution in [0.5, 0.6) is 17.2 Å². The molecule has 0 heterocycles. The summed E-state index contributed by atoms with van der Waals surface area (Å²) in [5.74, 6) is 0.909. The topological polar surface area (TPSA) is 94.2 Å². The summed E-state index contributed by atoms with van der Waals surface area (Å²) in [5.41, 5.74) is 0.315. The monoisotopic (exact) mass is 374 g/mol. The third kappa shape index (κ3) is 5.79. The minimum atomic E-state index is -3.23. The molecule has 1 N–H and O–H groups in total. The Kier molecular flexibility index (Phi) is 7.98. The van der Waals surface area contributed by atoms with Gasteiger partial charge in [0.05, 0.1) is 33.1 Å². The van der Waals surface area contributed by atoms with Crippen LogP contribution in [0.4, 0.5) is 0 Å². The highest BCUT2D eigenvalue weighted by Crippen LogP contribution is 2.34. The highest BCUT2D eigenvalue weighted by molar-refractivity contribution is 7.88. The van der Waals surface area contributed by atoms with Gasteiger partial charge in [-0.3, -0.25) is 4.79 Å². The lowest BCUT2D eigenvalue weighted by atomic mass is 10.1. The molecule has 0 radical (unpaired) electrons. The third-order valence-electron chi connectivity index (χ3n) is 3.64. The molecule has 1 aromatic rings. The van der Waals surface area contributed by atoms with Gasteiger partial charge < -0.3 is 19.5 Å². The molecule has 0 fully saturated rings. The van der Waals surface area contributed by atoms with E-state index in [1.807, 2.05) is 0 Å². The van der Waals surface area contributed by atoms with Crippen molar-refractivity contribution in [2.45, 2.75) is 13.3 Å². The fourth-order valence-corrected chi connectivity index (χ4v) is 3.25. The van der Waals surface area contributed by atoms with Crippen LogP contribution >= 0.6 is 0 Å². The molecular formula is C16H26N2O6S. The fraction of sp³-hybridized carbons (Fsp3) is 0.562. The average Bonchev–Trinajstić information content (AvgIpc) is 2.58. The number of ether oxygens (including phenoxy) is 3. The molecule has 0 bridgehead atoms. The van der Waals surface area contributed by atoms with Gasteiger partial charge in [0.15, 0.2) is 11.5 Å². The van der Waals surface area contributed by atoms with Crippen LogP contribution in [0.15, 0.2) is 12.1 Å². The second-order valence-electron chi connectivity index (χ2n) is 5.27. The smallest absolute Gasteiger partial charge is 0.255 e. The molecule has 0 saturated carbocycles. The van der Waals surface area contributed by atoms with Gasteiger partial charge in [0.1, 0.15) is 5.75 Å². The summed E-state index contributed by atoms with van der Waals surface area (Å²) in [5, 5.41) is 2.76. The van der Waals surface area contributed by atoms with E-state index < -0.39 is 10.0 Å². The summed E-state index contributed by atoms with van der Waals surface area (Å²) in [6, 6.07) is 3.12. The van der Waals surface area contributed by atoms with Crippen molar-refractivity contribution in [1.29, 1.82) is 0 Å². The molecule has 0 atom stereocenters. The maximum Gasteiger partial charge on any atom is 0.255 e. The number of amides is 1. The Morgan fingerprint density at radius 3 is 2.12 bits per heavy atom. The minimum absolute atomic E-state index is 0.315. The molecule has 8 nitrogen and oxygen atoms in total. The van der Waals surface area contributed by atoms with Crippen molar-refractivity contribution in [1.82, 2.24) is 9.62 Å². The van der Waals surface area contributed by atoms with Gasteiger partial charge >= 0.3 is 0 Å². The SMILES string of the molecule is CCN(CCCNC(=O)c1cc(OC)c(OC)cc1OC)S(C)(=O)=O. The number of carbonyl (C=O) groups excluding carboxylic acids is 1. The number of carbonyl (C=O) groups is 1. The Hall–Kier alpha value is -2.00. The van der Waals surface area contributed by atoms with E-state index in [-0.39, 0.29) is 5.91 Å². The summed E-state index contributed by atoms with van der Waals surface area (Å²) in [6.07, 6.45) is 1.67. The predicted octanol–water partition coefficient (Wildman–Crippen LogP) is 1.11. The zero-order chi connectivity index (χ0) is 19.0. The van der Waals surface area contributed by atoms with Crippen molar-refractivity contribution in [2.75, 3.05) is 47.2 Å². The van der Waals surface area contributed by atoms with Crippen LogP contribution in [-0.4, -0.2) is 65.8 Å². The zero-order valence-electron chi connectivity index (χ0n) is 15.3. The van der Waals surface area contributed by atoms with E-state index in [1.54, 1.807) is 19.1 Å². The highest BCUT2D eigenvalue weighted by atomic mass is 32.2. The molecular weight excluding hydrogens is 348 g/mol. The summed E-state index contributed by atoms with van der Waals surface area (Å²) >= 11 is 0. The standard InChI is InChI=1S/C16H26N2O6S/c1-6-18(25(5,20)21)9-7-8-17-16(19)12-10-14(23-3)15(24-4)11-13(12)22-2/h10-11H,6-9H2,1-5H3,(H,17,19). The average molecular weight is 374 g/mol. The number of nitrogens with one attached hydrogen (secondary N) is 1. The Morgan fingerprint density at radius 1 is 1.08 bits per heavy atom. The molecule has 0 unspecified atom stereocenters. The van der Waals surface area contributed by atoms with Crippen molar-refractivity contribution < 1.29 is 27.4 Å². The van der Waals surface area contributed by atoms with E-state index in [4.69, 9.17) is 14.2 Å². The van der Waals surface area contributed by atoms with E-state index in [2.05, 4.69) is 5.32 Å². The normalized spacial score (nSPS) is 11.3. The fourth-order valence-electron chi connectivity index (χ4n) is 2.32. The van der Waals surface area contributed by atoms with Gasteiger partial charge in [0.25, 0.3) is 5.91 Å². The number of sulfonamides is 1. The van der Waals surface area contributed by atoms with Crippen LogP contribution in [0.2, 0.25) is 0 Å². The number of nitrogens with zero attached hydrogens (tertiary/aromatic N) is 1. The van der Waals surface area contributed by atoms with Crippen molar-refractivity contribution in [3.05, 3.63) is 17.7 Å². The van der Waals surface area contributed by atoms with E-state index in [1.165, 1.54) is 31.9 Å². The molecule has 9 heteroatoms. The lowest BCUT2D eigenvalue weighted by molar-refractivity contribution is 0.0949. The van der Waals surface area contributed by atoms with Gasteiger partial charge in [-0.15, -0.1) is 0 Å². The van der Waals surface area contributed by atoms with Crippen molar-refractivity contribution in [3.8, 4) is 17.2 Å². The lowest BCUT2D eigenvalue weighted by Crippen LogP contribution is -2.33. The molecule has 0 aliphatic carbocycles. The van der Waals surface area contributed by atoms with Crippen LogP contribution in [0.1, 0.15) is 23.7 Å². The van der Waals surface area contributed by atoms with E-state index in [0.717, 1.165) is 0 Å². The minimum Gasteiger partial charge on any atom is -0.496 e. The summed E-state index contributed by atoms with van der Waals surface area (Å²) in [4.78, 5) is 12.4. The van der Waals surface area contributed by atoms with Crippen LogP contribution in [0.25, 0.3) is 0 Å². The number of hydrogen-bond donors (Lipinski definition) is 1. The first-order valence-corrected chi connectivity index (χ1v) is 9.66. The molecule has 0 aliphatic heterocycles. The molecule has 0 aromatic heterocycles.